The van der Waals surface area contributed by atoms with Gasteiger partial charge in [-0.2, -0.15) is 0 Å². The lowest BCUT2D eigenvalue weighted by Gasteiger charge is -2.28. The average molecular weight is 196 g/mol. The van der Waals surface area contributed by atoms with Crippen molar-refractivity contribution in [3.8, 4) is 0 Å². The summed E-state index contributed by atoms with van der Waals surface area (Å²) in [4.78, 5) is 5.28. The molecule has 0 aromatic heterocycles. The predicted octanol–water partition coefficient (Wildman–Crippen LogP) is 1.92. The van der Waals surface area contributed by atoms with Gasteiger partial charge in [-0.05, 0) is 12.3 Å². The van der Waals surface area contributed by atoms with Crippen LogP contribution in [0.15, 0.2) is 5.16 Å². The number of oxime groups is 1. The first-order valence-electron chi connectivity index (χ1n) is 5.74. The van der Waals surface area contributed by atoms with E-state index in [2.05, 4.69) is 12.1 Å². The van der Waals surface area contributed by atoms with Gasteiger partial charge in [0.2, 0.25) is 0 Å². The minimum Gasteiger partial charge on any atom is -0.391 e. The van der Waals surface area contributed by atoms with Crippen molar-refractivity contribution in [3.05, 3.63) is 0 Å². The molecule has 3 heteroatoms. The van der Waals surface area contributed by atoms with E-state index >= 15 is 0 Å². The van der Waals surface area contributed by atoms with Crippen LogP contribution in [-0.2, 0) is 4.84 Å². The summed E-state index contributed by atoms with van der Waals surface area (Å²) >= 11 is 0. The summed E-state index contributed by atoms with van der Waals surface area (Å²) in [6, 6.07) is 0. The summed E-state index contributed by atoms with van der Waals surface area (Å²) in [5.41, 5.74) is 6.83. The van der Waals surface area contributed by atoms with Crippen molar-refractivity contribution in [1.82, 2.24) is 0 Å². The molecule has 2 rings (SSSR count). The third-order valence-electron chi connectivity index (χ3n) is 3.56. The van der Waals surface area contributed by atoms with Crippen LogP contribution in [0.3, 0.4) is 0 Å². The molecule has 0 bridgehead atoms. The molecule has 1 aliphatic heterocycles. The Morgan fingerprint density at radius 3 is 2.86 bits per heavy atom. The molecule has 0 radical (unpaired) electrons. The van der Waals surface area contributed by atoms with Crippen molar-refractivity contribution in [2.24, 2.45) is 22.7 Å². The standard InChI is InChI=1S/C11H20N2O/c1-8-4-2-3-5-10(8)11-6-9(7-12)14-13-11/h8-10H,2-7,12H2,1H3. The maximum atomic E-state index is 5.56. The number of hydrogen-bond acceptors (Lipinski definition) is 3. The van der Waals surface area contributed by atoms with E-state index in [-0.39, 0.29) is 6.10 Å². The molecule has 0 saturated heterocycles. The lowest BCUT2D eigenvalue weighted by molar-refractivity contribution is 0.0917. The van der Waals surface area contributed by atoms with Gasteiger partial charge < -0.3 is 10.6 Å². The molecule has 0 aromatic rings. The Morgan fingerprint density at radius 1 is 1.43 bits per heavy atom. The van der Waals surface area contributed by atoms with E-state index in [1.54, 1.807) is 0 Å². The van der Waals surface area contributed by atoms with Gasteiger partial charge in [0.25, 0.3) is 0 Å². The summed E-state index contributed by atoms with van der Waals surface area (Å²) in [6.07, 6.45) is 6.48. The molecule has 3 atom stereocenters. The van der Waals surface area contributed by atoms with E-state index in [1.165, 1.54) is 31.4 Å². The van der Waals surface area contributed by atoms with Gasteiger partial charge in [0.05, 0.1) is 5.71 Å². The summed E-state index contributed by atoms with van der Waals surface area (Å²) in [5, 5.41) is 4.20. The fraction of sp³-hybridized carbons (Fsp3) is 0.909. The normalized spacial score (nSPS) is 37.9. The third-order valence-corrected chi connectivity index (χ3v) is 3.56. The fourth-order valence-corrected chi connectivity index (χ4v) is 2.61. The van der Waals surface area contributed by atoms with Crippen LogP contribution in [0.1, 0.15) is 39.0 Å². The molecular formula is C11H20N2O. The van der Waals surface area contributed by atoms with E-state index in [0.29, 0.717) is 12.5 Å². The van der Waals surface area contributed by atoms with Crippen molar-refractivity contribution in [2.75, 3.05) is 6.54 Å². The maximum Gasteiger partial charge on any atom is 0.145 e. The van der Waals surface area contributed by atoms with E-state index in [0.717, 1.165) is 12.3 Å². The third kappa shape index (κ3) is 1.92. The molecule has 1 heterocycles. The van der Waals surface area contributed by atoms with Gasteiger partial charge in [-0.1, -0.05) is 31.3 Å². The van der Waals surface area contributed by atoms with Gasteiger partial charge >= 0.3 is 0 Å². The van der Waals surface area contributed by atoms with Crippen LogP contribution >= 0.6 is 0 Å². The zero-order chi connectivity index (χ0) is 9.97. The molecule has 0 aromatic carbocycles. The number of hydrogen-bond donors (Lipinski definition) is 1. The zero-order valence-electron chi connectivity index (χ0n) is 8.91. The highest BCUT2D eigenvalue weighted by Gasteiger charge is 2.31. The summed E-state index contributed by atoms with van der Waals surface area (Å²) < 4.78 is 0. The van der Waals surface area contributed by atoms with Gasteiger partial charge in [0.15, 0.2) is 0 Å². The van der Waals surface area contributed by atoms with E-state index in [1.807, 2.05) is 0 Å². The first-order valence-corrected chi connectivity index (χ1v) is 5.74. The molecule has 0 amide bonds. The molecule has 3 unspecified atom stereocenters. The van der Waals surface area contributed by atoms with Crippen LogP contribution in [-0.4, -0.2) is 18.4 Å². The van der Waals surface area contributed by atoms with E-state index in [9.17, 15) is 0 Å². The quantitative estimate of drug-likeness (QED) is 0.733. The smallest absolute Gasteiger partial charge is 0.145 e. The minimum absolute atomic E-state index is 0.152. The van der Waals surface area contributed by atoms with Crippen molar-refractivity contribution in [3.63, 3.8) is 0 Å². The molecule has 2 N–H and O–H groups in total. The summed E-state index contributed by atoms with van der Waals surface area (Å²) in [7, 11) is 0. The van der Waals surface area contributed by atoms with Crippen LogP contribution in [0.25, 0.3) is 0 Å². The van der Waals surface area contributed by atoms with Gasteiger partial charge in [0.1, 0.15) is 6.10 Å². The van der Waals surface area contributed by atoms with Crippen LogP contribution in [0, 0.1) is 11.8 Å². The van der Waals surface area contributed by atoms with Crippen molar-refractivity contribution < 1.29 is 4.84 Å². The summed E-state index contributed by atoms with van der Waals surface area (Å²) in [6.45, 7) is 2.93. The van der Waals surface area contributed by atoms with Gasteiger partial charge in [-0.25, -0.2) is 0 Å². The molecule has 3 nitrogen and oxygen atoms in total. The number of nitrogens with two attached hydrogens (primary N) is 1. The molecule has 1 saturated carbocycles. The first kappa shape index (κ1) is 9.97. The topological polar surface area (TPSA) is 47.6 Å². The molecule has 1 aliphatic carbocycles. The van der Waals surface area contributed by atoms with Gasteiger partial charge in [-0.3, -0.25) is 0 Å². The largest absolute Gasteiger partial charge is 0.391 e. The van der Waals surface area contributed by atoms with Crippen molar-refractivity contribution in [2.45, 2.75) is 45.1 Å². The second kappa shape index (κ2) is 4.30. The monoisotopic (exact) mass is 196 g/mol. The number of rotatable bonds is 2. The highest BCUT2D eigenvalue weighted by Crippen LogP contribution is 2.33. The summed E-state index contributed by atoms with van der Waals surface area (Å²) in [5.74, 6) is 1.45. The maximum absolute atomic E-state index is 5.56. The van der Waals surface area contributed by atoms with Gasteiger partial charge in [-0.15, -0.1) is 0 Å². The molecule has 80 valence electrons. The highest BCUT2D eigenvalue weighted by molar-refractivity contribution is 5.88. The Labute approximate surface area is 85.7 Å². The Balaban J connectivity index is 1.94. The van der Waals surface area contributed by atoms with Crippen molar-refractivity contribution in [1.29, 1.82) is 0 Å². The predicted molar refractivity (Wildman–Crippen MR) is 57.1 cm³/mol. The van der Waals surface area contributed by atoms with Gasteiger partial charge in [0, 0.05) is 18.9 Å². The Hall–Kier alpha value is -0.570. The highest BCUT2D eigenvalue weighted by atomic mass is 16.6. The second-order valence-corrected chi connectivity index (χ2v) is 4.62. The fourth-order valence-electron chi connectivity index (χ4n) is 2.61. The van der Waals surface area contributed by atoms with E-state index < -0.39 is 0 Å². The van der Waals surface area contributed by atoms with Crippen LogP contribution in [0.4, 0.5) is 0 Å². The Morgan fingerprint density at radius 2 is 2.21 bits per heavy atom. The molecule has 1 fully saturated rings. The zero-order valence-corrected chi connectivity index (χ0v) is 8.91. The van der Waals surface area contributed by atoms with Crippen LogP contribution < -0.4 is 5.73 Å². The van der Waals surface area contributed by atoms with E-state index in [4.69, 9.17) is 10.6 Å². The first-order chi connectivity index (χ1) is 6.81. The molecule has 2 aliphatic rings. The lowest BCUT2D eigenvalue weighted by Crippen LogP contribution is -2.27. The molecular weight excluding hydrogens is 176 g/mol. The van der Waals surface area contributed by atoms with Crippen LogP contribution in [0.5, 0.6) is 0 Å². The Kier molecular flexibility index (Phi) is 3.06. The minimum atomic E-state index is 0.152. The number of nitrogens with zero attached hydrogens (tertiary/aromatic N) is 1. The average Bonchev–Trinajstić information content (AvgIpc) is 2.67. The Bertz CT molecular complexity index is 227. The lowest BCUT2D eigenvalue weighted by atomic mass is 9.77. The SMILES string of the molecule is CC1CCCCC1C1=NOC(CN)C1. The second-order valence-electron chi connectivity index (χ2n) is 4.62. The van der Waals surface area contributed by atoms with Crippen molar-refractivity contribution >= 4 is 5.71 Å². The molecule has 14 heavy (non-hydrogen) atoms. The van der Waals surface area contributed by atoms with Crippen LogP contribution in [0.2, 0.25) is 0 Å². The molecule has 0 spiro atoms.